The lowest BCUT2D eigenvalue weighted by molar-refractivity contribution is -0.118. The van der Waals surface area contributed by atoms with Gasteiger partial charge in [0.1, 0.15) is 5.82 Å². The number of amides is 1. The molecule has 0 spiro atoms. The number of pyridine rings is 1. The molecule has 28 heavy (non-hydrogen) atoms. The summed E-state index contributed by atoms with van der Waals surface area (Å²) < 4.78 is 26.4. The third-order valence-corrected chi connectivity index (χ3v) is 4.92. The zero-order valence-electron chi connectivity index (χ0n) is 15.5. The summed E-state index contributed by atoms with van der Waals surface area (Å²) in [5, 5.41) is 7.20. The minimum Gasteiger partial charge on any atom is -0.493 e. The first-order valence-electron chi connectivity index (χ1n) is 8.77. The first kappa shape index (κ1) is 18.0. The lowest BCUT2D eigenvalue weighted by Crippen LogP contribution is -2.29. The van der Waals surface area contributed by atoms with E-state index in [1.54, 1.807) is 42.9 Å². The van der Waals surface area contributed by atoms with Crippen molar-refractivity contribution in [2.24, 2.45) is 0 Å². The third kappa shape index (κ3) is 2.96. The van der Waals surface area contributed by atoms with Gasteiger partial charge in [-0.3, -0.25) is 9.78 Å². The molecule has 144 valence electrons. The highest BCUT2D eigenvalue weighted by Gasteiger charge is 2.52. The van der Waals surface area contributed by atoms with Crippen LogP contribution in [0.5, 0.6) is 11.5 Å². The number of hydrogen-bond donors (Lipinski definition) is 1. The van der Waals surface area contributed by atoms with Gasteiger partial charge in [-0.25, -0.2) is 9.07 Å². The van der Waals surface area contributed by atoms with Crippen LogP contribution >= 0.6 is 0 Å². The lowest BCUT2D eigenvalue weighted by Gasteiger charge is -2.15. The Labute approximate surface area is 161 Å². The first-order valence-corrected chi connectivity index (χ1v) is 8.77. The van der Waals surface area contributed by atoms with Crippen LogP contribution in [0.2, 0.25) is 0 Å². The second-order valence-electron chi connectivity index (χ2n) is 6.55. The van der Waals surface area contributed by atoms with Gasteiger partial charge in [0.15, 0.2) is 23.0 Å². The Kier molecular flexibility index (Phi) is 4.46. The van der Waals surface area contributed by atoms with Gasteiger partial charge >= 0.3 is 0 Å². The van der Waals surface area contributed by atoms with Crippen LogP contribution < -0.4 is 14.8 Å². The van der Waals surface area contributed by atoms with Gasteiger partial charge in [0.25, 0.3) is 0 Å². The van der Waals surface area contributed by atoms with Crippen LogP contribution in [0, 0.1) is 5.82 Å². The predicted molar refractivity (Wildman–Crippen MR) is 100 cm³/mol. The standard InChI is InChI=1S/C20H19FN4O3/c1-27-15-11-22-12-16(28-2)18(15)25-10-7-17(24-25)23-19(26)20(8-9-20)13-5-3-4-6-14(13)21/h3-7,10-12H,8-9H2,1-2H3,(H,23,24,26). The number of benzene rings is 1. The summed E-state index contributed by atoms with van der Waals surface area (Å²) in [5.74, 6) is 0.674. The number of hydrogen-bond acceptors (Lipinski definition) is 5. The van der Waals surface area contributed by atoms with Crippen molar-refractivity contribution in [2.75, 3.05) is 19.5 Å². The van der Waals surface area contributed by atoms with Gasteiger partial charge in [0, 0.05) is 17.8 Å². The molecule has 0 unspecified atom stereocenters. The number of nitrogens with zero attached hydrogens (tertiary/aromatic N) is 3. The van der Waals surface area contributed by atoms with Crippen molar-refractivity contribution >= 4 is 11.7 Å². The van der Waals surface area contributed by atoms with Crippen molar-refractivity contribution in [3.63, 3.8) is 0 Å². The Balaban J connectivity index is 1.60. The van der Waals surface area contributed by atoms with Crippen LogP contribution in [-0.4, -0.2) is 34.9 Å². The number of methoxy groups -OCH3 is 2. The maximum Gasteiger partial charge on any atom is 0.236 e. The van der Waals surface area contributed by atoms with Crippen molar-refractivity contribution in [3.05, 3.63) is 60.3 Å². The summed E-state index contributed by atoms with van der Waals surface area (Å²) >= 11 is 0. The van der Waals surface area contributed by atoms with E-state index >= 15 is 0 Å². The molecule has 1 aliphatic carbocycles. The van der Waals surface area contributed by atoms with Crippen molar-refractivity contribution < 1.29 is 18.7 Å². The van der Waals surface area contributed by atoms with E-state index in [2.05, 4.69) is 15.4 Å². The molecule has 1 N–H and O–H groups in total. The zero-order chi connectivity index (χ0) is 19.7. The average Bonchev–Trinajstić information content (AvgIpc) is 3.40. The molecular formula is C20H19FN4O3. The minimum absolute atomic E-state index is 0.267. The SMILES string of the molecule is COc1cncc(OC)c1-n1ccc(NC(=O)C2(c3ccccc3F)CC2)n1. The molecule has 0 bridgehead atoms. The van der Waals surface area contributed by atoms with Crippen LogP contribution in [0.25, 0.3) is 5.69 Å². The molecule has 3 aromatic rings. The van der Waals surface area contributed by atoms with Crippen molar-refractivity contribution in [3.8, 4) is 17.2 Å². The third-order valence-electron chi connectivity index (χ3n) is 4.92. The summed E-state index contributed by atoms with van der Waals surface area (Å²) in [7, 11) is 3.05. The van der Waals surface area contributed by atoms with Gasteiger partial charge in [-0.1, -0.05) is 18.2 Å². The molecule has 1 saturated carbocycles. The number of aromatic nitrogens is 3. The lowest BCUT2D eigenvalue weighted by atomic mass is 9.94. The molecule has 2 aromatic heterocycles. The Hall–Kier alpha value is -3.42. The molecule has 0 atom stereocenters. The van der Waals surface area contributed by atoms with E-state index in [1.807, 2.05) is 0 Å². The maximum absolute atomic E-state index is 14.2. The molecular weight excluding hydrogens is 363 g/mol. The smallest absolute Gasteiger partial charge is 0.236 e. The summed E-state index contributed by atoms with van der Waals surface area (Å²) in [6, 6.07) is 8.05. The van der Waals surface area contributed by atoms with Crippen LogP contribution in [0.4, 0.5) is 10.2 Å². The Bertz CT molecular complexity index is 1010. The number of halogens is 1. The fraction of sp³-hybridized carbons (Fsp3) is 0.250. The summed E-state index contributed by atoms with van der Waals surface area (Å²) in [4.78, 5) is 16.9. The highest BCUT2D eigenvalue weighted by atomic mass is 19.1. The van der Waals surface area contributed by atoms with Gasteiger partial charge in [-0.15, -0.1) is 5.10 Å². The largest absolute Gasteiger partial charge is 0.493 e. The monoisotopic (exact) mass is 382 g/mol. The van der Waals surface area contributed by atoms with E-state index in [0.717, 1.165) is 0 Å². The van der Waals surface area contributed by atoms with Crippen LogP contribution in [0.15, 0.2) is 48.9 Å². The van der Waals surface area contributed by atoms with Crippen LogP contribution in [-0.2, 0) is 10.2 Å². The quantitative estimate of drug-likeness (QED) is 0.709. The molecule has 0 radical (unpaired) electrons. The van der Waals surface area contributed by atoms with Crippen LogP contribution in [0.3, 0.4) is 0 Å². The molecule has 1 fully saturated rings. The van der Waals surface area contributed by atoms with E-state index in [0.29, 0.717) is 41.4 Å². The van der Waals surface area contributed by atoms with Crippen molar-refractivity contribution in [2.45, 2.75) is 18.3 Å². The molecule has 2 heterocycles. The topological polar surface area (TPSA) is 78.3 Å². The van der Waals surface area contributed by atoms with Gasteiger partial charge < -0.3 is 14.8 Å². The Morgan fingerprint density at radius 2 is 1.82 bits per heavy atom. The zero-order valence-corrected chi connectivity index (χ0v) is 15.5. The summed E-state index contributed by atoms with van der Waals surface area (Å²) in [6.45, 7) is 0. The molecule has 1 amide bonds. The fourth-order valence-corrected chi connectivity index (χ4v) is 3.29. The second kappa shape index (κ2) is 6.95. The van der Waals surface area contributed by atoms with Crippen molar-refractivity contribution in [1.29, 1.82) is 0 Å². The highest BCUT2D eigenvalue weighted by molar-refractivity contribution is 6.00. The number of ether oxygens (including phenoxy) is 2. The minimum atomic E-state index is -0.832. The van der Waals surface area contributed by atoms with E-state index in [4.69, 9.17) is 9.47 Å². The number of nitrogens with one attached hydrogen (secondary N) is 1. The second-order valence-corrected chi connectivity index (χ2v) is 6.55. The first-order chi connectivity index (χ1) is 13.6. The average molecular weight is 382 g/mol. The molecule has 8 heteroatoms. The summed E-state index contributed by atoms with van der Waals surface area (Å²) in [6.07, 6.45) is 5.99. The van der Waals surface area contributed by atoms with E-state index < -0.39 is 5.41 Å². The molecule has 0 aliphatic heterocycles. The normalized spacial score (nSPS) is 14.4. The number of anilines is 1. The van der Waals surface area contributed by atoms with Gasteiger partial charge in [-0.05, 0) is 18.9 Å². The van der Waals surface area contributed by atoms with Gasteiger partial charge in [0.2, 0.25) is 5.91 Å². The van der Waals surface area contributed by atoms with Crippen molar-refractivity contribution in [1.82, 2.24) is 14.8 Å². The Morgan fingerprint density at radius 1 is 1.14 bits per heavy atom. The number of rotatable bonds is 6. The Morgan fingerprint density at radius 3 is 2.43 bits per heavy atom. The molecule has 7 nitrogen and oxygen atoms in total. The van der Waals surface area contributed by atoms with E-state index in [1.165, 1.54) is 25.0 Å². The fourth-order valence-electron chi connectivity index (χ4n) is 3.29. The van der Waals surface area contributed by atoms with Crippen LogP contribution in [0.1, 0.15) is 18.4 Å². The summed E-state index contributed by atoms with van der Waals surface area (Å²) in [5.41, 5.74) is 0.154. The number of carbonyl (C=O) groups is 1. The molecule has 4 rings (SSSR count). The number of carbonyl (C=O) groups excluding carboxylic acids is 1. The predicted octanol–water partition coefficient (Wildman–Crippen LogP) is 3.09. The van der Waals surface area contributed by atoms with E-state index in [9.17, 15) is 9.18 Å². The molecule has 1 aromatic carbocycles. The molecule has 1 aliphatic rings. The maximum atomic E-state index is 14.2. The highest BCUT2D eigenvalue weighted by Crippen LogP contribution is 2.49. The van der Waals surface area contributed by atoms with Gasteiger partial charge in [-0.2, -0.15) is 0 Å². The van der Waals surface area contributed by atoms with E-state index in [-0.39, 0.29) is 11.7 Å². The molecule has 0 saturated heterocycles. The van der Waals surface area contributed by atoms with Gasteiger partial charge in [0.05, 0.1) is 32.0 Å².